The highest BCUT2D eigenvalue weighted by molar-refractivity contribution is 5.95. The lowest BCUT2D eigenvalue weighted by atomic mass is 10.0. The zero-order valence-electron chi connectivity index (χ0n) is 12.4. The number of aliphatic hydroxyl groups is 1. The molecule has 1 unspecified atom stereocenters. The van der Waals surface area contributed by atoms with Crippen molar-refractivity contribution in [1.82, 2.24) is 4.90 Å². The Morgan fingerprint density at radius 3 is 2.95 bits per heavy atom. The third kappa shape index (κ3) is 3.43. The molecule has 0 spiro atoms. The van der Waals surface area contributed by atoms with Gasteiger partial charge in [-0.3, -0.25) is 4.79 Å². The maximum absolute atomic E-state index is 14.0. The lowest BCUT2D eigenvalue weighted by molar-refractivity contribution is 0.0696. The molecule has 1 atom stereocenters. The maximum atomic E-state index is 14.0. The smallest absolute Gasteiger partial charge is 0.257 e. The van der Waals surface area contributed by atoms with Crippen LogP contribution in [0.25, 0.3) is 0 Å². The lowest BCUT2D eigenvalue weighted by Crippen LogP contribution is -2.38. The summed E-state index contributed by atoms with van der Waals surface area (Å²) in [4.78, 5) is 14.4. The molecule has 4 heteroatoms. The van der Waals surface area contributed by atoms with Gasteiger partial charge in [0.05, 0.1) is 5.56 Å². The Hall–Kier alpha value is -1.86. The normalized spacial score (nSPS) is 17.8. The van der Waals surface area contributed by atoms with Gasteiger partial charge in [0.25, 0.3) is 5.91 Å². The van der Waals surface area contributed by atoms with Crippen molar-refractivity contribution in [3.05, 3.63) is 35.1 Å². The van der Waals surface area contributed by atoms with Crippen LogP contribution in [0.15, 0.2) is 18.2 Å². The van der Waals surface area contributed by atoms with E-state index in [1.807, 2.05) is 0 Å². The largest absolute Gasteiger partial charge is 0.384 e. The molecule has 1 aliphatic heterocycles. The molecule has 1 fully saturated rings. The van der Waals surface area contributed by atoms with Crippen LogP contribution in [0.2, 0.25) is 0 Å². The van der Waals surface area contributed by atoms with Crippen LogP contribution in [-0.4, -0.2) is 35.1 Å². The Kier molecular flexibility index (Phi) is 4.98. The first-order valence-electron chi connectivity index (χ1n) is 7.25. The second kappa shape index (κ2) is 6.73. The van der Waals surface area contributed by atoms with Crippen LogP contribution in [0.4, 0.5) is 4.39 Å². The van der Waals surface area contributed by atoms with Crippen LogP contribution in [0.5, 0.6) is 0 Å². The number of amides is 1. The number of hydrogen-bond acceptors (Lipinski definition) is 2. The predicted molar refractivity (Wildman–Crippen MR) is 79.3 cm³/mol. The van der Waals surface area contributed by atoms with Gasteiger partial charge in [0, 0.05) is 18.2 Å². The van der Waals surface area contributed by atoms with Crippen LogP contribution in [0.1, 0.15) is 42.6 Å². The highest BCUT2D eigenvalue weighted by Gasteiger charge is 2.32. The second-order valence-electron chi connectivity index (χ2n) is 5.61. The van der Waals surface area contributed by atoms with E-state index < -0.39 is 5.82 Å². The van der Waals surface area contributed by atoms with E-state index in [1.54, 1.807) is 4.90 Å². The van der Waals surface area contributed by atoms with Crippen LogP contribution in [-0.2, 0) is 0 Å². The van der Waals surface area contributed by atoms with Gasteiger partial charge in [-0.1, -0.05) is 25.7 Å². The molecule has 1 N–H and O–H groups in total. The number of rotatable bonds is 2. The molecule has 0 aliphatic carbocycles. The standard InChI is InChI=1S/C17H20FNO2/c1-12(2)16-6-3-9-19(16)17(21)14-11-13(5-4-10-20)7-8-15(14)18/h7-8,11-12,16,20H,3,6,9-10H2,1-2H3. The van der Waals surface area contributed by atoms with Crippen molar-refractivity contribution in [2.45, 2.75) is 32.7 Å². The quantitative estimate of drug-likeness (QED) is 0.850. The third-order valence-corrected chi connectivity index (χ3v) is 3.84. The van der Waals surface area contributed by atoms with Gasteiger partial charge in [0.1, 0.15) is 12.4 Å². The van der Waals surface area contributed by atoms with Gasteiger partial charge in [-0.2, -0.15) is 0 Å². The van der Waals surface area contributed by atoms with Crippen LogP contribution in [0.3, 0.4) is 0 Å². The van der Waals surface area contributed by atoms with Gasteiger partial charge in [0.2, 0.25) is 0 Å². The van der Waals surface area contributed by atoms with E-state index in [-0.39, 0.29) is 24.1 Å². The van der Waals surface area contributed by atoms with E-state index in [2.05, 4.69) is 25.7 Å². The van der Waals surface area contributed by atoms with Crippen molar-refractivity contribution in [1.29, 1.82) is 0 Å². The highest BCUT2D eigenvalue weighted by atomic mass is 19.1. The first-order valence-corrected chi connectivity index (χ1v) is 7.25. The average molecular weight is 289 g/mol. The summed E-state index contributed by atoms with van der Waals surface area (Å²) in [5, 5.41) is 8.71. The van der Waals surface area contributed by atoms with E-state index in [0.29, 0.717) is 18.0 Å². The van der Waals surface area contributed by atoms with E-state index in [1.165, 1.54) is 18.2 Å². The number of hydrogen-bond donors (Lipinski definition) is 1. The molecule has 1 saturated heterocycles. The van der Waals surface area contributed by atoms with Gasteiger partial charge < -0.3 is 10.0 Å². The first-order chi connectivity index (χ1) is 10.0. The molecule has 1 aromatic carbocycles. The Morgan fingerprint density at radius 1 is 1.52 bits per heavy atom. The molecule has 0 saturated carbocycles. The number of aliphatic hydroxyl groups excluding tert-OH is 1. The molecule has 2 rings (SSSR count). The van der Waals surface area contributed by atoms with Crippen LogP contribution < -0.4 is 0 Å². The Labute approximate surface area is 124 Å². The van der Waals surface area contributed by atoms with Crippen molar-refractivity contribution in [2.24, 2.45) is 5.92 Å². The Morgan fingerprint density at radius 2 is 2.29 bits per heavy atom. The molecule has 0 aromatic heterocycles. The minimum atomic E-state index is -0.524. The first kappa shape index (κ1) is 15.5. The molecule has 0 bridgehead atoms. The molecule has 21 heavy (non-hydrogen) atoms. The molecule has 3 nitrogen and oxygen atoms in total. The van der Waals surface area contributed by atoms with Crippen molar-refractivity contribution < 1.29 is 14.3 Å². The number of carbonyl (C=O) groups is 1. The molecule has 1 heterocycles. The second-order valence-corrected chi connectivity index (χ2v) is 5.61. The topological polar surface area (TPSA) is 40.5 Å². The summed E-state index contributed by atoms with van der Waals surface area (Å²) in [6, 6.07) is 4.41. The predicted octanol–water partition coefficient (Wildman–Crippen LogP) is 2.43. The van der Waals surface area contributed by atoms with Crippen LogP contribution >= 0.6 is 0 Å². The molecule has 0 radical (unpaired) electrons. The fraction of sp³-hybridized carbons (Fsp3) is 0.471. The van der Waals surface area contributed by atoms with E-state index in [0.717, 1.165) is 12.8 Å². The lowest BCUT2D eigenvalue weighted by Gasteiger charge is -2.28. The molecule has 1 aliphatic rings. The van der Waals surface area contributed by atoms with Gasteiger partial charge in [-0.25, -0.2) is 4.39 Å². The molecular formula is C17H20FNO2. The van der Waals surface area contributed by atoms with Crippen LogP contribution in [0, 0.1) is 23.6 Å². The summed E-state index contributed by atoms with van der Waals surface area (Å²) in [5.74, 6) is 4.78. The molecule has 1 amide bonds. The maximum Gasteiger partial charge on any atom is 0.257 e. The van der Waals surface area contributed by atoms with Gasteiger partial charge in [-0.05, 0) is 37.0 Å². The monoisotopic (exact) mass is 289 g/mol. The third-order valence-electron chi connectivity index (χ3n) is 3.84. The molecule has 1 aromatic rings. The highest BCUT2D eigenvalue weighted by Crippen LogP contribution is 2.26. The van der Waals surface area contributed by atoms with Crippen molar-refractivity contribution in [2.75, 3.05) is 13.2 Å². The van der Waals surface area contributed by atoms with E-state index in [9.17, 15) is 9.18 Å². The van der Waals surface area contributed by atoms with Gasteiger partial charge >= 0.3 is 0 Å². The number of halogens is 1. The fourth-order valence-corrected chi connectivity index (χ4v) is 2.80. The molecule has 112 valence electrons. The number of benzene rings is 1. The molecular weight excluding hydrogens is 269 g/mol. The van der Waals surface area contributed by atoms with Gasteiger partial charge in [-0.15, -0.1) is 0 Å². The number of carbonyl (C=O) groups excluding carboxylic acids is 1. The summed E-state index contributed by atoms with van der Waals surface area (Å²) in [5.41, 5.74) is 0.599. The van der Waals surface area contributed by atoms with Crippen molar-refractivity contribution in [3.8, 4) is 11.8 Å². The summed E-state index contributed by atoms with van der Waals surface area (Å²) in [7, 11) is 0. The summed E-state index contributed by atoms with van der Waals surface area (Å²) >= 11 is 0. The average Bonchev–Trinajstić information content (AvgIpc) is 2.95. The summed E-state index contributed by atoms with van der Waals surface area (Å²) in [6.07, 6.45) is 1.93. The van der Waals surface area contributed by atoms with Gasteiger partial charge in [0.15, 0.2) is 0 Å². The van der Waals surface area contributed by atoms with E-state index in [4.69, 9.17) is 5.11 Å². The van der Waals surface area contributed by atoms with Crippen molar-refractivity contribution in [3.63, 3.8) is 0 Å². The zero-order valence-corrected chi connectivity index (χ0v) is 12.4. The Balaban J connectivity index is 2.30. The summed E-state index contributed by atoms with van der Waals surface area (Å²) in [6.45, 7) is 4.57. The Bertz CT molecular complexity index is 586. The number of nitrogens with zero attached hydrogens (tertiary/aromatic N) is 1. The SMILES string of the molecule is CC(C)C1CCCN1C(=O)c1cc(C#CCO)ccc1F. The summed E-state index contributed by atoms with van der Waals surface area (Å²) < 4.78 is 14.0. The number of likely N-dealkylation sites (tertiary alicyclic amines) is 1. The zero-order chi connectivity index (χ0) is 15.4. The van der Waals surface area contributed by atoms with E-state index >= 15 is 0 Å². The minimum Gasteiger partial charge on any atom is -0.384 e. The van der Waals surface area contributed by atoms with Crippen molar-refractivity contribution >= 4 is 5.91 Å². The minimum absolute atomic E-state index is 0.0623. The fourth-order valence-electron chi connectivity index (χ4n) is 2.80.